The number of carbonyl (C=O) groups is 4. The molecule has 39 heavy (non-hydrogen) atoms. The van der Waals surface area contributed by atoms with Crippen molar-refractivity contribution in [3.63, 3.8) is 0 Å². The van der Waals surface area contributed by atoms with Crippen LogP contribution >= 0.6 is 15.9 Å². The van der Waals surface area contributed by atoms with E-state index < -0.39 is 66.0 Å². The maximum absolute atomic E-state index is 14.3. The van der Waals surface area contributed by atoms with Gasteiger partial charge in [0.05, 0.1) is 17.7 Å². The summed E-state index contributed by atoms with van der Waals surface area (Å²) in [5.74, 6) is -7.95. The van der Waals surface area contributed by atoms with Gasteiger partial charge >= 0.3 is 23.6 Å². The molecule has 0 spiro atoms. The number of aliphatic carboxylic acids is 1. The number of hydrogen-bond acceptors (Lipinski definition) is 11. The first-order chi connectivity index (χ1) is 18.4. The first-order valence-corrected chi connectivity index (χ1v) is 12.2. The second kappa shape index (κ2) is 12.5. The van der Waals surface area contributed by atoms with Crippen molar-refractivity contribution in [1.82, 2.24) is 14.5 Å². The zero-order valence-corrected chi connectivity index (χ0v) is 21.5. The lowest BCUT2D eigenvalue weighted by Gasteiger charge is -2.21. The Bertz CT molecular complexity index is 1270. The smallest absolute Gasteiger partial charge is 0.351 e. The molecule has 2 aliphatic rings. The zero-order chi connectivity index (χ0) is 28.9. The number of aliphatic hydroxyl groups is 2. The predicted molar refractivity (Wildman–Crippen MR) is 128 cm³/mol. The van der Waals surface area contributed by atoms with Gasteiger partial charge in [-0.3, -0.25) is 19.1 Å². The number of ether oxygens (including phenoxy) is 2. The van der Waals surface area contributed by atoms with Crippen LogP contribution in [0.25, 0.3) is 0 Å². The van der Waals surface area contributed by atoms with E-state index in [2.05, 4.69) is 26.2 Å². The highest BCUT2D eigenvalue weighted by atomic mass is 79.9. The molecule has 212 valence electrons. The standard InChI is InChI=1S/C22H23BrF2N4O10/c23-12-8-15(31)28(17(12)33)5-2-1-3-7-38-19(36)11(18(34)35)9-26-14-4-6-29(21(37)27-14)20-22(24,25)16(32)13(10-30)39-20/h4,6,8-9,13,16,20,30,32H,1-3,5,7,10H2,(H,34,35)(H,26,27,37)/b11-9+/t13-,16?,20-/m1/s1. The Kier molecular flexibility index (Phi) is 9.65. The lowest BCUT2D eigenvalue weighted by molar-refractivity contribution is -0.144. The minimum atomic E-state index is -3.91. The van der Waals surface area contributed by atoms with Gasteiger partial charge in [0.1, 0.15) is 11.9 Å². The third-order valence-corrected chi connectivity index (χ3v) is 6.25. The highest BCUT2D eigenvalue weighted by Crippen LogP contribution is 2.42. The van der Waals surface area contributed by atoms with Crippen molar-refractivity contribution in [2.75, 3.05) is 25.1 Å². The number of carbonyl (C=O) groups excluding carboxylic acids is 3. The maximum Gasteiger partial charge on any atom is 0.351 e. The number of aromatic nitrogens is 2. The van der Waals surface area contributed by atoms with Crippen molar-refractivity contribution < 1.29 is 52.8 Å². The maximum atomic E-state index is 14.3. The molecule has 1 fully saturated rings. The van der Waals surface area contributed by atoms with Crippen molar-refractivity contribution in [1.29, 1.82) is 0 Å². The number of alkyl halides is 2. The lowest BCUT2D eigenvalue weighted by Crippen LogP contribution is -2.41. The monoisotopic (exact) mass is 620 g/mol. The lowest BCUT2D eigenvalue weighted by atomic mass is 10.1. The topological polar surface area (TPSA) is 198 Å². The molecule has 1 saturated heterocycles. The van der Waals surface area contributed by atoms with Crippen molar-refractivity contribution in [3.05, 3.63) is 45.1 Å². The summed E-state index contributed by atoms with van der Waals surface area (Å²) in [5, 5.41) is 30.3. The van der Waals surface area contributed by atoms with Crippen LogP contribution in [0.2, 0.25) is 0 Å². The number of anilines is 1. The largest absolute Gasteiger partial charge is 0.477 e. The van der Waals surface area contributed by atoms with E-state index in [4.69, 9.17) is 14.6 Å². The quantitative estimate of drug-likeness (QED) is 0.0604. The minimum absolute atomic E-state index is 0.155. The van der Waals surface area contributed by atoms with Crippen LogP contribution in [0.5, 0.6) is 0 Å². The first kappa shape index (κ1) is 30.0. The number of nitrogens with one attached hydrogen (secondary N) is 1. The molecule has 0 aliphatic carbocycles. The third kappa shape index (κ3) is 6.73. The number of esters is 1. The second-order valence-electron chi connectivity index (χ2n) is 8.32. The number of rotatable bonds is 12. The third-order valence-electron chi connectivity index (χ3n) is 5.68. The van der Waals surface area contributed by atoms with Crippen LogP contribution in [0.1, 0.15) is 25.5 Å². The minimum Gasteiger partial charge on any atom is -0.477 e. The molecule has 17 heteroatoms. The van der Waals surface area contributed by atoms with Gasteiger partial charge in [0.25, 0.3) is 11.8 Å². The van der Waals surface area contributed by atoms with Crippen LogP contribution < -0.4 is 11.0 Å². The molecule has 2 aliphatic heterocycles. The van der Waals surface area contributed by atoms with Crippen LogP contribution in [-0.2, 0) is 28.7 Å². The number of amides is 2. The molecule has 4 N–H and O–H groups in total. The Morgan fingerprint density at radius 3 is 2.54 bits per heavy atom. The zero-order valence-electron chi connectivity index (χ0n) is 20.0. The molecule has 1 unspecified atom stereocenters. The Hall–Kier alpha value is -3.54. The molecule has 3 atom stereocenters. The summed E-state index contributed by atoms with van der Waals surface area (Å²) in [4.78, 5) is 63.9. The number of carboxylic acid groups (broad SMARTS) is 1. The van der Waals surface area contributed by atoms with Crippen LogP contribution in [-0.4, -0.2) is 91.4 Å². The molecule has 0 aromatic carbocycles. The van der Waals surface area contributed by atoms with Gasteiger partial charge in [-0.15, -0.1) is 0 Å². The second-order valence-corrected chi connectivity index (χ2v) is 9.18. The van der Waals surface area contributed by atoms with Crippen molar-refractivity contribution in [3.8, 4) is 0 Å². The average molecular weight is 621 g/mol. The fourth-order valence-electron chi connectivity index (χ4n) is 3.62. The van der Waals surface area contributed by atoms with E-state index in [0.717, 1.165) is 17.2 Å². The first-order valence-electron chi connectivity index (χ1n) is 11.4. The molecule has 1 aromatic heterocycles. The van der Waals surface area contributed by atoms with E-state index in [1.165, 1.54) is 6.08 Å². The van der Waals surface area contributed by atoms with Gasteiger partial charge in [-0.2, -0.15) is 13.8 Å². The van der Waals surface area contributed by atoms with Crippen molar-refractivity contribution in [2.24, 2.45) is 0 Å². The Morgan fingerprint density at radius 2 is 1.97 bits per heavy atom. The van der Waals surface area contributed by atoms with Crippen LogP contribution in [0.4, 0.5) is 14.6 Å². The molecular formula is C22H23BrF2N4O10. The van der Waals surface area contributed by atoms with Crippen molar-refractivity contribution >= 4 is 45.5 Å². The number of nitrogens with zero attached hydrogens (tertiary/aromatic N) is 3. The molecule has 0 radical (unpaired) electrons. The van der Waals surface area contributed by atoms with E-state index in [9.17, 15) is 43.0 Å². The fourth-order valence-corrected chi connectivity index (χ4v) is 4.03. The van der Waals surface area contributed by atoms with E-state index in [0.29, 0.717) is 30.0 Å². The van der Waals surface area contributed by atoms with E-state index >= 15 is 0 Å². The Morgan fingerprint density at radius 1 is 1.26 bits per heavy atom. The van der Waals surface area contributed by atoms with E-state index in [1.807, 2.05) is 0 Å². The van der Waals surface area contributed by atoms with E-state index in [1.54, 1.807) is 0 Å². The highest BCUT2D eigenvalue weighted by molar-refractivity contribution is 9.12. The average Bonchev–Trinajstić information content (AvgIpc) is 3.25. The Labute approximate surface area is 226 Å². The van der Waals surface area contributed by atoms with Crippen LogP contribution in [0.3, 0.4) is 0 Å². The van der Waals surface area contributed by atoms with Gasteiger partial charge in [0.15, 0.2) is 11.7 Å². The van der Waals surface area contributed by atoms with Gasteiger partial charge in [-0.25, -0.2) is 14.4 Å². The molecule has 0 saturated carbocycles. The molecule has 0 bridgehead atoms. The van der Waals surface area contributed by atoms with Gasteiger partial charge in [-0.05, 0) is 41.3 Å². The number of aliphatic hydroxyl groups excluding tert-OH is 2. The van der Waals surface area contributed by atoms with Gasteiger partial charge in [-0.1, -0.05) is 0 Å². The number of carboxylic acids is 1. The molecule has 3 rings (SSSR count). The van der Waals surface area contributed by atoms with E-state index in [-0.39, 0.29) is 23.5 Å². The number of imide groups is 1. The van der Waals surface area contributed by atoms with Crippen LogP contribution in [0.15, 0.2) is 39.4 Å². The molecular weight excluding hydrogens is 598 g/mol. The van der Waals surface area contributed by atoms with Crippen LogP contribution in [0, 0.1) is 0 Å². The number of halogens is 3. The molecule has 14 nitrogen and oxygen atoms in total. The van der Waals surface area contributed by atoms with Gasteiger partial charge < -0.3 is 30.1 Å². The van der Waals surface area contributed by atoms with Gasteiger partial charge in [0, 0.05) is 25.0 Å². The predicted octanol–water partition coefficient (Wildman–Crippen LogP) is -0.129. The number of unbranched alkanes of at least 4 members (excludes halogenated alkanes) is 2. The number of hydrogen-bond donors (Lipinski definition) is 4. The SMILES string of the molecule is O=C(O)/C(=C\Nc1ccn([C@@H]2O[C@H](CO)C(O)C2(F)F)c(=O)n1)C(=O)OCCCCCN1C(=O)C=C(Br)C1=O. The Balaban J connectivity index is 1.52. The normalized spacial score (nSPS) is 22.7. The molecule has 3 heterocycles. The fraction of sp³-hybridized carbons (Fsp3) is 0.455. The summed E-state index contributed by atoms with van der Waals surface area (Å²) in [6, 6.07) is 1.02. The summed E-state index contributed by atoms with van der Waals surface area (Å²) in [6.07, 6.45) is -2.29. The summed E-state index contributed by atoms with van der Waals surface area (Å²) < 4.78 is 38.9. The molecule has 1 aromatic rings. The summed E-state index contributed by atoms with van der Waals surface area (Å²) in [7, 11) is 0. The summed E-state index contributed by atoms with van der Waals surface area (Å²) in [6.45, 7) is -0.900. The summed E-state index contributed by atoms with van der Waals surface area (Å²) >= 11 is 2.98. The highest BCUT2D eigenvalue weighted by Gasteiger charge is 2.59. The summed E-state index contributed by atoms with van der Waals surface area (Å²) in [5.41, 5.74) is -2.09. The molecule has 2 amide bonds. The van der Waals surface area contributed by atoms with Crippen molar-refractivity contribution in [2.45, 2.75) is 43.6 Å². The van der Waals surface area contributed by atoms with Gasteiger partial charge in [0.2, 0.25) is 6.23 Å².